The third-order valence-corrected chi connectivity index (χ3v) is 8.69. The summed E-state index contributed by atoms with van der Waals surface area (Å²) in [5.74, 6) is 2.28. The Kier molecular flexibility index (Phi) is 6.91. The number of thiazole rings is 1. The Hall–Kier alpha value is -2.64. The number of hydrogen-bond donors (Lipinski definition) is 0. The first kappa shape index (κ1) is 23.5. The third-order valence-electron chi connectivity index (χ3n) is 5.53. The molecular weight excluding hydrogens is 482 g/mol. The van der Waals surface area contributed by atoms with Crippen LogP contribution in [0.5, 0.6) is 5.75 Å². The smallest absolute Gasteiger partial charge is 0.252 e. The molecule has 1 saturated heterocycles. The van der Waals surface area contributed by atoms with Crippen LogP contribution in [0, 0.1) is 18.3 Å². The van der Waals surface area contributed by atoms with Crippen molar-refractivity contribution in [3.63, 3.8) is 0 Å². The molecule has 7 nitrogen and oxygen atoms in total. The molecule has 1 aliphatic heterocycles. The van der Waals surface area contributed by atoms with Crippen molar-refractivity contribution in [2.75, 3.05) is 20.2 Å². The topological polar surface area (TPSA) is 81.0 Å². The maximum absolute atomic E-state index is 13.1. The first-order valence-corrected chi connectivity index (χ1v) is 12.9. The summed E-state index contributed by atoms with van der Waals surface area (Å²) in [7, 11) is -2.21. The molecule has 3 aromatic rings. The lowest BCUT2D eigenvalue weighted by Gasteiger charge is -2.30. The molecule has 1 aliphatic rings. The summed E-state index contributed by atoms with van der Waals surface area (Å²) in [6.45, 7) is 0.704. The third kappa shape index (κ3) is 4.84. The molecule has 4 rings (SSSR count). The van der Waals surface area contributed by atoms with E-state index in [1.807, 2.05) is 12.1 Å². The fraction of sp³-hybridized carbons (Fsp3) is 0.304. The molecule has 1 amide bonds. The van der Waals surface area contributed by atoms with Crippen LogP contribution >= 0.6 is 22.9 Å². The number of methoxy groups -OCH3 is 1. The van der Waals surface area contributed by atoms with E-state index < -0.39 is 15.9 Å². The molecule has 2 heterocycles. The van der Waals surface area contributed by atoms with Crippen molar-refractivity contribution in [1.82, 2.24) is 8.87 Å². The number of halogens is 1. The largest absolute Gasteiger partial charge is 0.497 e. The van der Waals surface area contributed by atoms with Crippen LogP contribution in [-0.4, -0.2) is 43.4 Å². The van der Waals surface area contributed by atoms with Gasteiger partial charge in [0.1, 0.15) is 5.75 Å². The molecule has 0 radical (unpaired) electrons. The van der Waals surface area contributed by atoms with E-state index in [1.54, 1.807) is 22.8 Å². The number of piperidine rings is 1. The van der Waals surface area contributed by atoms with E-state index in [0.29, 0.717) is 35.0 Å². The molecule has 0 saturated carbocycles. The number of hydrogen-bond acceptors (Lipinski definition) is 5. The predicted octanol–water partition coefficient (Wildman–Crippen LogP) is 3.53. The monoisotopic (exact) mass is 503 g/mol. The number of terminal acetylenes is 1. The number of amides is 1. The molecule has 33 heavy (non-hydrogen) atoms. The molecule has 10 heteroatoms. The second kappa shape index (κ2) is 9.69. The number of fused-ring (bicyclic) bond motifs is 1. The van der Waals surface area contributed by atoms with Gasteiger partial charge in [0.15, 0.2) is 4.80 Å². The lowest BCUT2D eigenvalue weighted by atomic mass is 9.99. The van der Waals surface area contributed by atoms with Gasteiger partial charge in [0.05, 0.1) is 34.7 Å². The van der Waals surface area contributed by atoms with Crippen molar-refractivity contribution >= 4 is 49.1 Å². The lowest BCUT2D eigenvalue weighted by molar-refractivity contribution is -0.122. The van der Waals surface area contributed by atoms with Crippen LogP contribution in [0.4, 0.5) is 0 Å². The summed E-state index contributed by atoms with van der Waals surface area (Å²) < 4.78 is 35.3. The number of nitrogens with zero attached hydrogens (tertiary/aromatic N) is 3. The molecular formula is C23H22ClN3O4S2. The summed E-state index contributed by atoms with van der Waals surface area (Å²) >= 11 is 7.43. The van der Waals surface area contributed by atoms with Crippen molar-refractivity contribution in [3.05, 3.63) is 52.3 Å². The Morgan fingerprint density at radius 3 is 2.76 bits per heavy atom. The van der Waals surface area contributed by atoms with Crippen molar-refractivity contribution in [1.29, 1.82) is 0 Å². The Balaban J connectivity index is 1.61. The fourth-order valence-corrected chi connectivity index (χ4v) is 6.66. The maximum Gasteiger partial charge on any atom is 0.252 e. The standard InChI is InChI=1S/C23H22ClN3O4S2/c1-3-12-27-20-11-6-17(24)14-21(20)32-23(27)25-22(28)16-5-4-13-26(15-16)33(29,30)19-9-7-18(31-2)8-10-19/h1,6-11,14,16H,4-5,12-13,15H2,2H3. The van der Waals surface area contributed by atoms with Gasteiger partial charge in [0, 0.05) is 18.1 Å². The minimum absolute atomic E-state index is 0.0859. The molecule has 172 valence electrons. The molecule has 0 aliphatic carbocycles. The van der Waals surface area contributed by atoms with Gasteiger partial charge in [0.2, 0.25) is 10.0 Å². The van der Waals surface area contributed by atoms with E-state index in [-0.39, 0.29) is 23.9 Å². The highest BCUT2D eigenvalue weighted by Crippen LogP contribution is 2.26. The molecule has 1 atom stereocenters. The normalized spacial score (nSPS) is 17.7. The molecule has 1 aromatic heterocycles. The highest BCUT2D eigenvalue weighted by atomic mass is 35.5. The van der Waals surface area contributed by atoms with Crippen LogP contribution in [0.1, 0.15) is 12.8 Å². The number of ether oxygens (including phenoxy) is 1. The number of aromatic nitrogens is 1. The number of carbonyl (C=O) groups excluding carboxylic acids is 1. The van der Waals surface area contributed by atoms with Gasteiger partial charge < -0.3 is 9.30 Å². The first-order chi connectivity index (χ1) is 15.8. The zero-order valence-electron chi connectivity index (χ0n) is 17.9. The lowest BCUT2D eigenvalue weighted by Crippen LogP contribution is -2.42. The zero-order chi connectivity index (χ0) is 23.6. The van der Waals surface area contributed by atoms with E-state index in [4.69, 9.17) is 22.8 Å². The fourth-order valence-electron chi connectivity index (χ4n) is 3.82. The van der Waals surface area contributed by atoms with Crippen molar-refractivity contribution in [2.24, 2.45) is 10.9 Å². The second-order valence-corrected chi connectivity index (χ2v) is 11.0. The van der Waals surface area contributed by atoms with E-state index in [1.165, 1.54) is 34.9 Å². The summed E-state index contributed by atoms with van der Waals surface area (Å²) in [4.78, 5) is 18.1. The van der Waals surface area contributed by atoms with E-state index in [0.717, 1.165) is 10.2 Å². The number of sulfonamides is 1. The first-order valence-electron chi connectivity index (χ1n) is 10.3. The highest BCUT2D eigenvalue weighted by molar-refractivity contribution is 7.89. The van der Waals surface area contributed by atoms with E-state index in [2.05, 4.69) is 10.9 Å². The van der Waals surface area contributed by atoms with Gasteiger partial charge in [-0.15, -0.1) is 6.42 Å². The van der Waals surface area contributed by atoms with Crippen LogP contribution in [0.2, 0.25) is 5.02 Å². The highest BCUT2D eigenvalue weighted by Gasteiger charge is 2.33. The van der Waals surface area contributed by atoms with Gasteiger partial charge >= 0.3 is 0 Å². The van der Waals surface area contributed by atoms with Crippen LogP contribution in [0.25, 0.3) is 10.2 Å². The zero-order valence-corrected chi connectivity index (χ0v) is 20.3. The van der Waals surface area contributed by atoms with E-state index >= 15 is 0 Å². The Labute approximate surface area is 201 Å². The summed E-state index contributed by atoms with van der Waals surface area (Å²) in [5.41, 5.74) is 0.848. The average Bonchev–Trinajstić information content (AvgIpc) is 3.15. The maximum atomic E-state index is 13.1. The minimum Gasteiger partial charge on any atom is -0.497 e. The Bertz CT molecular complexity index is 1400. The molecule has 0 spiro atoms. The van der Waals surface area contributed by atoms with Crippen LogP contribution in [-0.2, 0) is 21.4 Å². The quantitative estimate of drug-likeness (QED) is 0.499. The number of rotatable bonds is 5. The van der Waals surface area contributed by atoms with Crippen molar-refractivity contribution in [2.45, 2.75) is 24.3 Å². The SMILES string of the molecule is C#CCn1c(=NC(=O)C2CCCN(S(=O)(=O)c3ccc(OC)cc3)C2)sc2cc(Cl)ccc21. The van der Waals surface area contributed by atoms with Crippen LogP contribution in [0.3, 0.4) is 0 Å². The average molecular weight is 504 g/mol. The van der Waals surface area contributed by atoms with Gasteiger partial charge in [-0.05, 0) is 55.3 Å². The van der Waals surface area contributed by atoms with Crippen LogP contribution in [0.15, 0.2) is 52.4 Å². The van der Waals surface area contributed by atoms with Crippen molar-refractivity contribution in [3.8, 4) is 18.1 Å². The second-order valence-electron chi connectivity index (χ2n) is 7.61. The van der Waals surface area contributed by atoms with Crippen LogP contribution < -0.4 is 9.54 Å². The van der Waals surface area contributed by atoms with Gasteiger partial charge in [-0.2, -0.15) is 9.30 Å². The molecule has 1 unspecified atom stereocenters. The minimum atomic E-state index is -3.73. The number of benzene rings is 2. The Morgan fingerprint density at radius 1 is 1.30 bits per heavy atom. The van der Waals surface area contributed by atoms with Gasteiger partial charge in [-0.1, -0.05) is 28.9 Å². The molecule has 1 fully saturated rings. The van der Waals surface area contributed by atoms with Gasteiger partial charge in [-0.25, -0.2) is 8.42 Å². The molecule has 2 aromatic carbocycles. The Morgan fingerprint density at radius 2 is 2.06 bits per heavy atom. The van der Waals surface area contributed by atoms with Gasteiger partial charge in [0.25, 0.3) is 5.91 Å². The predicted molar refractivity (Wildman–Crippen MR) is 129 cm³/mol. The number of carbonyl (C=O) groups is 1. The van der Waals surface area contributed by atoms with Crippen molar-refractivity contribution < 1.29 is 17.9 Å². The summed E-state index contributed by atoms with van der Waals surface area (Å²) in [6.07, 6.45) is 6.67. The molecule has 0 bridgehead atoms. The van der Waals surface area contributed by atoms with E-state index in [9.17, 15) is 13.2 Å². The van der Waals surface area contributed by atoms with Gasteiger partial charge in [-0.3, -0.25) is 4.79 Å². The summed E-state index contributed by atoms with van der Waals surface area (Å²) in [5, 5.41) is 0.584. The molecule has 0 N–H and O–H groups in total. The summed E-state index contributed by atoms with van der Waals surface area (Å²) in [6, 6.07) is 11.6.